The van der Waals surface area contributed by atoms with Crippen molar-refractivity contribution in [3.05, 3.63) is 0 Å². The second-order valence-corrected chi connectivity index (χ2v) is 6.68. The molecule has 0 bridgehead atoms. The van der Waals surface area contributed by atoms with Gasteiger partial charge >= 0.3 is 0 Å². The molecule has 3 aliphatic rings. The monoisotopic (exact) mass is 253 g/mol. The molecular weight excluding hydrogens is 226 g/mol. The van der Waals surface area contributed by atoms with Gasteiger partial charge in [0.1, 0.15) is 0 Å². The third kappa shape index (κ3) is 3.46. The van der Waals surface area contributed by atoms with Gasteiger partial charge in [-0.3, -0.25) is 0 Å². The minimum Gasteiger partial charge on any atom is -0.394 e. The minimum atomic E-state index is -0.0380. The maximum absolute atomic E-state index is 9.74. The Hall–Kier alpha value is -0.120. The van der Waals surface area contributed by atoms with Crippen LogP contribution in [0.2, 0.25) is 0 Å². The molecule has 2 atom stereocenters. The van der Waals surface area contributed by atoms with Crippen LogP contribution in [-0.4, -0.2) is 36.0 Å². The normalized spacial score (nSPS) is 36.8. The quantitative estimate of drug-likeness (QED) is 0.731. The van der Waals surface area contributed by atoms with E-state index in [0.29, 0.717) is 12.1 Å². The van der Waals surface area contributed by atoms with Crippen LogP contribution in [0.5, 0.6) is 0 Å². The van der Waals surface area contributed by atoms with Crippen molar-refractivity contribution in [2.24, 2.45) is 5.92 Å². The Labute approximate surface area is 110 Å². The zero-order chi connectivity index (χ0) is 12.4. The molecule has 0 spiro atoms. The Morgan fingerprint density at radius 2 is 2.00 bits per heavy atom. The van der Waals surface area contributed by atoms with Crippen LogP contribution in [0.4, 0.5) is 0 Å². The first-order chi connectivity index (χ1) is 8.80. The van der Waals surface area contributed by atoms with Gasteiger partial charge in [-0.2, -0.15) is 0 Å². The molecule has 3 saturated carbocycles. The van der Waals surface area contributed by atoms with E-state index in [9.17, 15) is 5.11 Å². The maximum atomic E-state index is 9.74. The SMILES string of the molecule is OCC1(NC2CC2)CCCC(OCCC2CC2)C1. The summed E-state index contributed by atoms with van der Waals surface area (Å²) in [6.07, 6.45) is 11.5. The highest BCUT2D eigenvalue weighted by atomic mass is 16.5. The van der Waals surface area contributed by atoms with E-state index in [-0.39, 0.29) is 12.1 Å². The van der Waals surface area contributed by atoms with Crippen LogP contribution in [0.25, 0.3) is 0 Å². The fourth-order valence-corrected chi connectivity index (χ4v) is 3.24. The fourth-order valence-electron chi connectivity index (χ4n) is 3.24. The summed E-state index contributed by atoms with van der Waals surface area (Å²) in [5, 5.41) is 13.4. The summed E-state index contributed by atoms with van der Waals surface area (Å²) in [5.74, 6) is 0.959. The second kappa shape index (κ2) is 5.48. The predicted molar refractivity (Wildman–Crippen MR) is 71.5 cm³/mol. The summed E-state index contributed by atoms with van der Waals surface area (Å²) in [7, 11) is 0. The fraction of sp³-hybridized carbons (Fsp3) is 1.00. The summed E-state index contributed by atoms with van der Waals surface area (Å²) in [4.78, 5) is 0. The maximum Gasteiger partial charge on any atom is 0.0614 e. The first kappa shape index (κ1) is 12.9. The van der Waals surface area contributed by atoms with Crippen molar-refractivity contribution >= 4 is 0 Å². The molecule has 0 amide bonds. The van der Waals surface area contributed by atoms with Crippen LogP contribution >= 0.6 is 0 Å². The number of hydrogen-bond acceptors (Lipinski definition) is 3. The lowest BCUT2D eigenvalue weighted by molar-refractivity contribution is -0.0182. The topological polar surface area (TPSA) is 41.5 Å². The second-order valence-electron chi connectivity index (χ2n) is 6.68. The Kier molecular flexibility index (Phi) is 3.92. The number of nitrogens with one attached hydrogen (secondary N) is 1. The third-order valence-electron chi connectivity index (χ3n) is 4.77. The smallest absolute Gasteiger partial charge is 0.0614 e. The predicted octanol–water partition coefficient (Wildman–Crippen LogP) is 2.23. The zero-order valence-electron chi connectivity index (χ0n) is 11.4. The largest absolute Gasteiger partial charge is 0.394 e. The number of hydrogen-bond donors (Lipinski definition) is 2. The molecule has 3 rings (SSSR count). The standard InChI is InChI=1S/C15H27NO2/c17-11-15(16-13-5-6-13)8-1-2-14(10-15)18-9-7-12-3-4-12/h12-14,16-17H,1-11H2. The van der Waals surface area contributed by atoms with Crippen molar-refractivity contribution in [3.8, 4) is 0 Å². The molecule has 3 nitrogen and oxygen atoms in total. The lowest BCUT2D eigenvalue weighted by Crippen LogP contribution is -2.54. The highest BCUT2D eigenvalue weighted by Gasteiger charge is 2.40. The molecule has 0 radical (unpaired) electrons. The Bertz CT molecular complexity index is 276. The van der Waals surface area contributed by atoms with Gasteiger partial charge in [0.05, 0.1) is 12.7 Å². The van der Waals surface area contributed by atoms with Crippen molar-refractivity contribution in [1.82, 2.24) is 5.32 Å². The van der Waals surface area contributed by atoms with E-state index in [1.165, 1.54) is 44.9 Å². The number of rotatable bonds is 7. The summed E-state index contributed by atoms with van der Waals surface area (Å²) in [5.41, 5.74) is -0.0380. The Balaban J connectivity index is 1.45. The highest BCUT2D eigenvalue weighted by Crippen LogP contribution is 2.35. The molecule has 2 unspecified atom stereocenters. The van der Waals surface area contributed by atoms with E-state index in [4.69, 9.17) is 4.74 Å². The molecule has 0 aromatic rings. The van der Waals surface area contributed by atoms with Crippen molar-refractivity contribution in [1.29, 1.82) is 0 Å². The summed E-state index contributed by atoms with van der Waals surface area (Å²) >= 11 is 0. The summed E-state index contributed by atoms with van der Waals surface area (Å²) < 4.78 is 6.04. The molecule has 104 valence electrons. The third-order valence-corrected chi connectivity index (χ3v) is 4.77. The number of aliphatic hydroxyl groups excluding tert-OH is 1. The van der Waals surface area contributed by atoms with Gasteiger partial charge in [0.2, 0.25) is 0 Å². The van der Waals surface area contributed by atoms with Crippen molar-refractivity contribution in [2.75, 3.05) is 13.2 Å². The van der Waals surface area contributed by atoms with Crippen LogP contribution < -0.4 is 5.32 Å². The van der Waals surface area contributed by atoms with Crippen molar-refractivity contribution in [2.45, 2.75) is 75.5 Å². The van der Waals surface area contributed by atoms with Gasteiger partial charge in [0.25, 0.3) is 0 Å². The van der Waals surface area contributed by atoms with E-state index in [2.05, 4.69) is 5.32 Å². The molecule has 0 heterocycles. The van der Waals surface area contributed by atoms with Crippen LogP contribution in [0.1, 0.15) is 57.8 Å². The lowest BCUT2D eigenvalue weighted by atomic mass is 9.80. The molecule has 18 heavy (non-hydrogen) atoms. The van der Waals surface area contributed by atoms with Crippen molar-refractivity contribution < 1.29 is 9.84 Å². The van der Waals surface area contributed by atoms with E-state index in [1.807, 2.05) is 0 Å². The van der Waals surface area contributed by atoms with E-state index < -0.39 is 0 Å². The molecular formula is C15H27NO2. The Morgan fingerprint density at radius 3 is 2.67 bits per heavy atom. The van der Waals surface area contributed by atoms with E-state index in [0.717, 1.165) is 25.4 Å². The average molecular weight is 253 g/mol. The average Bonchev–Trinajstić information content (AvgIpc) is 3.25. The van der Waals surface area contributed by atoms with Crippen molar-refractivity contribution in [3.63, 3.8) is 0 Å². The highest BCUT2D eigenvalue weighted by molar-refractivity contribution is 4.99. The van der Waals surface area contributed by atoms with Gasteiger partial charge in [-0.05, 0) is 50.9 Å². The van der Waals surface area contributed by atoms with Crippen LogP contribution in [0.3, 0.4) is 0 Å². The Morgan fingerprint density at radius 1 is 1.17 bits per heavy atom. The lowest BCUT2D eigenvalue weighted by Gasteiger charge is -2.40. The van der Waals surface area contributed by atoms with Gasteiger partial charge in [-0.15, -0.1) is 0 Å². The van der Waals surface area contributed by atoms with E-state index in [1.54, 1.807) is 0 Å². The van der Waals surface area contributed by atoms with Gasteiger partial charge < -0.3 is 15.2 Å². The van der Waals surface area contributed by atoms with Gasteiger partial charge in [0, 0.05) is 18.2 Å². The molecule has 3 heteroatoms. The molecule has 0 saturated heterocycles. The van der Waals surface area contributed by atoms with Gasteiger partial charge in [-0.25, -0.2) is 0 Å². The van der Waals surface area contributed by atoms with Gasteiger partial charge in [-0.1, -0.05) is 12.8 Å². The first-order valence-electron chi connectivity index (χ1n) is 7.80. The molecule has 0 aliphatic heterocycles. The van der Waals surface area contributed by atoms with Crippen LogP contribution in [0.15, 0.2) is 0 Å². The molecule has 0 aromatic heterocycles. The van der Waals surface area contributed by atoms with Crippen LogP contribution in [0, 0.1) is 5.92 Å². The minimum absolute atomic E-state index is 0.0380. The molecule has 3 fully saturated rings. The summed E-state index contributed by atoms with van der Waals surface area (Å²) in [6, 6.07) is 0.669. The van der Waals surface area contributed by atoms with Gasteiger partial charge in [0.15, 0.2) is 0 Å². The molecule has 3 aliphatic carbocycles. The number of ether oxygens (including phenoxy) is 1. The molecule has 0 aromatic carbocycles. The van der Waals surface area contributed by atoms with E-state index >= 15 is 0 Å². The summed E-state index contributed by atoms with van der Waals surface area (Å²) in [6.45, 7) is 1.20. The molecule has 2 N–H and O–H groups in total. The first-order valence-corrected chi connectivity index (χ1v) is 7.80. The number of aliphatic hydroxyl groups is 1. The zero-order valence-corrected chi connectivity index (χ0v) is 11.4. The van der Waals surface area contributed by atoms with Crippen LogP contribution in [-0.2, 0) is 4.74 Å².